The van der Waals surface area contributed by atoms with E-state index in [1.165, 1.54) is 0 Å². The summed E-state index contributed by atoms with van der Waals surface area (Å²) in [5, 5.41) is 4.02. The van der Waals surface area contributed by atoms with Gasteiger partial charge in [-0.15, -0.1) is 0 Å². The van der Waals surface area contributed by atoms with Gasteiger partial charge in [0.2, 0.25) is 0 Å². The molecule has 0 spiro atoms. The molecule has 1 saturated heterocycles. The lowest BCUT2D eigenvalue weighted by molar-refractivity contribution is 0.0270. The van der Waals surface area contributed by atoms with Crippen molar-refractivity contribution in [3.8, 4) is 11.3 Å². The molecule has 2 heterocycles. The van der Waals surface area contributed by atoms with Gasteiger partial charge in [0.15, 0.2) is 11.5 Å². The molecule has 0 bridgehead atoms. The maximum atomic E-state index is 13.0. The first-order valence-corrected chi connectivity index (χ1v) is 8.70. The highest BCUT2D eigenvalue weighted by Gasteiger charge is 2.28. The number of ether oxygens (including phenoxy) is 1. The summed E-state index contributed by atoms with van der Waals surface area (Å²) < 4.78 is 10.8. The standard InChI is InChI=1S/C19H25N3O3/c1-21(2)10-11-22(16-8-12-24-13-9-16)19(23)17-14-18(25-20-17)15-6-4-3-5-7-15/h3-7,14,16H,8-13H2,1-2H3. The number of amides is 1. The van der Waals surface area contributed by atoms with Gasteiger partial charge in [-0.25, -0.2) is 0 Å². The molecule has 1 fully saturated rings. The van der Waals surface area contributed by atoms with Crippen LogP contribution in [0.5, 0.6) is 0 Å². The SMILES string of the molecule is CN(C)CCN(C(=O)c1cc(-c2ccccc2)on1)C1CCOCC1. The molecule has 1 aromatic carbocycles. The molecule has 0 radical (unpaired) electrons. The van der Waals surface area contributed by atoms with Crippen LogP contribution in [0.15, 0.2) is 40.9 Å². The van der Waals surface area contributed by atoms with E-state index in [9.17, 15) is 4.79 Å². The van der Waals surface area contributed by atoms with Crippen molar-refractivity contribution in [1.82, 2.24) is 15.0 Å². The van der Waals surface area contributed by atoms with Crippen LogP contribution in [-0.2, 0) is 4.74 Å². The van der Waals surface area contributed by atoms with Gasteiger partial charge in [-0.2, -0.15) is 0 Å². The van der Waals surface area contributed by atoms with Gasteiger partial charge in [0, 0.05) is 44.0 Å². The van der Waals surface area contributed by atoms with Crippen molar-refractivity contribution < 1.29 is 14.1 Å². The minimum Gasteiger partial charge on any atom is -0.381 e. The van der Waals surface area contributed by atoms with Gasteiger partial charge >= 0.3 is 0 Å². The molecule has 1 amide bonds. The normalized spacial score (nSPS) is 15.5. The second-order valence-electron chi connectivity index (χ2n) is 6.59. The molecular weight excluding hydrogens is 318 g/mol. The van der Waals surface area contributed by atoms with Crippen molar-refractivity contribution in [2.45, 2.75) is 18.9 Å². The Morgan fingerprint density at radius 1 is 1.16 bits per heavy atom. The topological polar surface area (TPSA) is 58.8 Å². The van der Waals surface area contributed by atoms with Crippen LogP contribution in [0.3, 0.4) is 0 Å². The zero-order valence-corrected chi connectivity index (χ0v) is 14.9. The van der Waals surface area contributed by atoms with E-state index in [1.54, 1.807) is 6.07 Å². The van der Waals surface area contributed by atoms with E-state index in [0.29, 0.717) is 31.2 Å². The number of carbonyl (C=O) groups excluding carboxylic acids is 1. The molecule has 1 aliphatic heterocycles. The molecule has 6 nitrogen and oxygen atoms in total. The van der Waals surface area contributed by atoms with E-state index in [4.69, 9.17) is 9.26 Å². The Morgan fingerprint density at radius 3 is 2.56 bits per heavy atom. The molecule has 25 heavy (non-hydrogen) atoms. The molecule has 134 valence electrons. The van der Waals surface area contributed by atoms with Crippen LogP contribution < -0.4 is 0 Å². The minimum absolute atomic E-state index is 0.0697. The van der Waals surface area contributed by atoms with Gasteiger partial charge < -0.3 is 19.1 Å². The van der Waals surface area contributed by atoms with E-state index in [2.05, 4.69) is 10.1 Å². The molecule has 3 rings (SSSR count). The van der Waals surface area contributed by atoms with E-state index >= 15 is 0 Å². The first-order chi connectivity index (χ1) is 12.1. The number of rotatable bonds is 6. The summed E-state index contributed by atoms with van der Waals surface area (Å²) in [4.78, 5) is 17.1. The molecule has 6 heteroatoms. The third-order valence-corrected chi connectivity index (χ3v) is 4.47. The van der Waals surface area contributed by atoms with Crippen molar-refractivity contribution >= 4 is 5.91 Å². The Labute approximate surface area is 148 Å². The van der Waals surface area contributed by atoms with Crippen molar-refractivity contribution in [3.63, 3.8) is 0 Å². The number of carbonyl (C=O) groups is 1. The maximum absolute atomic E-state index is 13.0. The first-order valence-electron chi connectivity index (χ1n) is 8.70. The van der Waals surface area contributed by atoms with Gasteiger partial charge in [-0.3, -0.25) is 4.79 Å². The lowest BCUT2D eigenvalue weighted by Crippen LogP contribution is -2.46. The molecule has 2 aromatic rings. The van der Waals surface area contributed by atoms with E-state index in [1.807, 2.05) is 49.3 Å². The van der Waals surface area contributed by atoms with Crippen LogP contribution in [0.4, 0.5) is 0 Å². The van der Waals surface area contributed by atoms with Crippen molar-refractivity contribution in [2.24, 2.45) is 0 Å². The fourth-order valence-corrected chi connectivity index (χ4v) is 3.02. The molecule has 0 aliphatic carbocycles. The Hall–Kier alpha value is -2.18. The average molecular weight is 343 g/mol. The summed E-state index contributed by atoms with van der Waals surface area (Å²) >= 11 is 0. The number of benzene rings is 1. The second-order valence-corrected chi connectivity index (χ2v) is 6.59. The zero-order valence-electron chi connectivity index (χ0n) is 14.9. The van der Waals surface area contributed by atoms with Gasteiger partial charge in [0.05, 0.1) is 0 Å². The Bertz CT molecular complexity index is 678. The minimum atomic E-state index is -0.0697. The van der Waals surface area contributed by atoms with Crippen LogP contribution in [0.1, 0.15) is 23.3 Å². The van der Waals surface area contributed by atoms with Crippen LogP contribution in [0.25, 0.3) is 11.3 Å². The largest absolute Gasteiger partial charge is 0.381 e. The number of nitrogens with zero attached hydrogens (tertiary/aromatic N) is 3. The quantitative estimate of drug-likeness (QED) is 0.807. The maximum Gasteiger partial charge on any atom is 0.276 e. The predicted octanol–water partition coefficient (Wildman–Crippen LogP) is 2.52. The first kappa shape index (κ1) is 17.6. The third-order valence-electron chi connectivity index (χ3n) is 4.47. The smallest absolute Gasteiger partial charge is 0.276 e. The summed E-state index contributed by atoms with van der Waals surface area (Å²) in [5.41, 5.74) is 1.28. The fraction of sp³-hybridized carbons (Fsp3) is 0.474. The molecule has 0 atom stereocenters. The Morgan fingerprint density at radius 2 is 1.88 bits per heavy atom. The summed E-state index contributed by atoms with van der Waals surface area (Å²) in [7, 11) is 4.02. The number of likely N-dealkylation sites (N-methyl/N-ethyl adjacent to an activating group) is 1. The van der Waals surface area contributed by atoms with Gasteiger partial charge in [-0.1, -0.05) is 35.5 Å². The highest BCUT2D eigenvalue weighted by molar-refractivity contribution is 5.93. The second kappa shape index (κ2) is 8.27. The number of hydrogen-bond acceptors (Lipinski definition) is 5. The Kier molecular flexibility index (Phi) is 5.83. The highest BCUT2D eigenvalue weighted by Crippen LogP contribution is 2.22. The lowest BCUT2D eigenvalue weighted by atomic mass is 10.1. The van der Waals surface area contributed by atoms with Gasteiger partial charge in [0.25, 0.3) is 5.91 Å². The third kappa shape index (κ3) is 4.46. The lowest BCUT2D eigenvalue weighted by Gasteiger charge is -2.34. The van der Waals surface area contributed by atoms with Crippen molar-refractivity contribution in [2.75, 3.05) is 40.4 Å². The number of aromatic nitrogens is 1. The summed E-state index contributed by atoms with van der Waals surface area (Å²) in [5.74, 6) is 0.545. The number of hydrogen-bond donors (Lipinski definition) is 0. The van der Waals surface area contributed by atoms with Crippen molar-refractivity contribution in [3.05, 3.63) is 42.1 Å². The molecular formula is C19H25N3O3. The average Bonchev–Trinajstić information content (AvgIpc) is 3.13. The van der Waals surface area contributed by atoms with Gasteiger partial charge in [0.1, 0.15) is 0 Å². The van der Waals surface area contributed by atoms with Crippen LogP contribution >= 0.6 is 0 Å². The Balaban J connectivity index is 1.78. The molecule has 1 aliphatic rings. The predicted molar refractivity (Wildman–Crippen MR) is 95.4 cm³/mol. The molecule has 1 aromatic heterocycles. The van der Waals surface area contributed by atoms with E-state index < -0.39 is 0 Å². The zero-order chi connectivity index (χ0) is 17.6. The molecule has 0 N–H and O–H groups in total. The molecule has 0 saturated carbocycles. The van der Waals surface area contributed by atoms with Gasteiger partial charge in [-0.05, 0) is 26.9 Å². The highest BCUT2D eigenvalue weighted by atomic mass is 16.5. The van der Waals surface area contributed by atoms with Crippen LogP contribution in [0.2, 0.25) is 0 Å². The molecule has 0 unspecified atom stereocenters. The van der Waals surface area contributed by atoms with E-state index in [-0.39, 0.29) is 11.9 Å². The van der Waals surface area contributed by atoms with Crippen molar-refractivity contribution in [1.29, 1.82) is 0 Å². The van der Waals surface area contributed by atoms with Crippen LogP contribution in [0, 0.1) is 0 Å². The van der Waals surface area contributed by atoms with Crippen LogP contribution in [-0.4, -0.2) is 67.3 Å². The monoisotopic (exact) mass is 343 g/mol. The fourth-order valence-electron chi connectivity index (χ4n) is 3.02. The van der Waals surface area contributed by atoms with E-state index in [0.717, 1.165) is 24.9 Å². The summed E-state index contributed by atoms with van der Waals surface area (Å²) in [6, 6.07) is 11.6. The summed E-state index contributed by atoms with van der Waals surface area (Å²) in [6.07, 6.45) is 1.73. The summed E-state index contributed by atoms with van der Waals surface area (Å²) in [6.45, 7) is 2.88.